The number of nitrogens with zero attached hydrogens (tertiary/aromatic N) is 1. The van der Waals surface area contributed by atoms with Gasteiger partial charge in [-0.3, -0.25) is 4.79 Å². The fourth-order valence-electron chi connectivity index (χ4n) is 2.94. The number of hydrogen-bond donors (Lipinski definition) is 1. The Balaban J connectivity index is 2.20. The number of nitrogens with one attached hydrogen (secondary N) is 1. The Kier molecular flexibility index (Phi) is 5.78. The Hall–Kier alpha value is -3.15. The van der Waals surface area contributed by atoms with Crippen LogP contribution in [0.25, 0.3) is 22.2 Å². The van der Waals surface area contributed by atoms with Crippen LogP contribution in [-0.4, -0.2) is 31.2 Å². The molecule has 2 aromatic carbocycles. The number of carbonyl (C=O) groups is 1. The van der Waals surface area contributed by atoms with Crippen LogP contribution < -0.4 is 14.8 Å². The number of rotatable bonds is 6. The molecule has 0 fully saturated rings. The van der Waals surface area contributed by atoms with Gasteiger partial charge in [0.15, 0.2) is 0 Å². The van der Waals surface area contributed by atoms with Crippen LogP contribution in [0.2, 0.25) is 0 Å². The van der Waals surface area contributed by atoms with Crippen molar-refractivity contribution in [1.82, 2.24) is 10.3 Å². The Labute approximate surface area is 163 Å². The number of amides is 1. The molecule has 1 heterocycles. The van der Waals surface area contributed by atoms with E-state index in [1.807, 2.05) is 19.9 Å². The molecule has 0 spiro atoms. The number of pyridine rings is 1. The maximum absolute atomic E-state index is 13.8. The second kappa shape index (κ2) is 8.25. The predicted molar refractivity (Wildman–Crippen MR) is 107 cm³/mol. The summed E-state index contributed by atoms with van der Waals surface area (Å²) < 4.78 is 24.6. The van der Waals surface area contributed by atoms with Crippen LogP contribution in [0.15, 0.2) is 42.5 Å². The standard InChI is InChI=1S/C22H23FN2O3/c1-5-13(2)24-22(26)18-12-20(25-19-9-6-14(23)10-17(18)19)16-8-7-15(27-3)11-21(16)28-4/h6-13H,5H2,1-4H3,(H,24,26). The number of benzene rings is 2. The molecule has 0 saturated heterocycles. The first-order valence-corrected chi connectivity index (χ1v) is 9.10. The lowest BCUT2D eigenvalue weighted by molar-refractivity contribution is 0.0941. The molecule has 1 aromatic heterocycles. The van der Waals surface area contributed by atoms with E-state index in [0.29, 0.717) is 39.2 Å². The van der Waals surface area contributed by atoms with Crippen molar-refractivity contribution >= 4 is 16.8 Å². The van der Waals surface area contributed by atoms with Crippen LogP contribution in [0.3, 0.4) is 0 Å². The van der Waals surface area contributed by atoms with Crippen molar-refractivity contribution in [3.63, 3.8) is 0 Å². The van der Waals surface area contributed by atoms with E-state index in [9.17, 15) is 9.18 Å². The van der Waals surface area contributed by atoms with Gasteiger partial charge in [-0.25, -0.2) is 9.37 Å². The number of fused-ring (bicyclic) bond motifs is 1. The zero-order valence-corrected chi connectivity index (χ0v) is 16.4. The first kappa shape index (κ1) is 19.6. The number of aromatic nitrogens is 1. The average molecular weight is 382 g/mol. The monoisotopic (exact) mass is 382 g/mol. The van der Waals surface area contributed by atoms with Gasteiger partial charge in [0.2, 0.25) is 0 Å². The second-order valence-corrected chi connectivity index (χ2v) is 6.57. The van der Waals surface area contributed by atoms with Crippen LogP contribution in [0.5, 0.6) is 11.5 Å². The zero-order chi connectivity index (χ0) is 20.3. The van der Waals surface area contributed by atoms with E-state index in [1.165, 1.54) is 12.1 Å². The van der Waals surface area contributed by atoms with Crippen LogP contribution >= 0.6 is 0 Å². The minimum Gasteiger partial charge on any atom is -0.497 e. The topological polar surface area (TPSA) is 60.5 Å². The predicted octanol–water partition coefficient (Wildman–Crippen LogP) is 4.59. The maximum atomic E-state index is 13.8. The third-order valence-electron chi connectivity index (χ3n) is 4.69. The number of hydrogen-bond acceptors (Lipinski definition) is 4. The molecule has 3 rings (SSSR count). The minimum absolute atomic E-state index is 0.00301. The van der Waals surface area contributed by atoms with Crippen LogP contribution in [-0.2, 0) is 0 Å². The second-order valence-electron chi connectivity index (χ2n) is 6.57. The number of methoxy groups -OCH3 is 2. The van der Waals surface area contributed by atoms with E-state index in [4.69, 9.17) is 9.47 Å². The highest BCUT2D eigenvalue weighted by Crippen LogP contribution is 2.34. The minimum atomic E-state index is -0.415. The molecule has 6 heteroatoms. The van der Waals surface area contributed by atoms with Gasteiger partial charge in [-0.1, -0.05) is 6.92 Å². The van der Waals surface area contributed by atoms with E-state index in [-0.39, 0.29) is 11.9 Å². The molecule has 1 atom stereocenters. The van der Waals surface area contributed by atoms with Crippen molar-refractivity contribution in [3.05, 3.63) is 53.8 Å². The molecular formula is C22H23FN2O3. The quantitative estimate of drug-likeness (QED) is 0.678. The van der Waals surface area contributed by atoms with Crippen molar-refractivity contribution in [2.75, 3.05) is 14.2 Å². The highest BCUT2D eigenvalue weighted by molar-refractivity contribution is 6.07. The maximum Gasteiger partial charge on any atom is 0.252 e. The highest BCUT2D eigenvalue weighted by Gasteiger charge is 2.18. The van der Waals surface area contributed by atoms with Crippen LogP contribution in [0.4, 0.5) is 4.39 Å². The van der Waals surface area contributed by atoms with Gasteiger partial charge in [0.1, 0.15) is 17.3 Å². The number of carbonyl (C=O) groups excluding carboxylic acids is 1. The third kappa shape index (κ3) is 3.91. The lowest BCUT2D eigenvalue weighted by atomic mass is 10.0. The van der Waals surface area contributed by atoms with E-state index >= 15 is 0 Å². The van der Waals surface area contributed by atoms with E-state index < -0.39 is 5.82 Å². The largest absolute Gasteiger partial charge is 0.497 e. The molecular weight excluding hydrogens is 359 g/mol. The highest BCUT2D eigenvalue weighted by atomic mass is 19.1. The average Bonchev–Trinajstić information content (AvgIpc) is 2.72. The third-order valence-corrected chi connectivity index (χ3v) is 4.69. The summed E-state index contributed by atoms with van der Waals surface area (Å²) in [4.78, 5) is 17.5. The number of ether oxygens (including phenoxy) is 2. The van der Waals surface area contributed by atoms with Gasteiger partial charge in [-0.2, -0.15) is 0 Å². The molecule has 0 radical (unpaired) electrons. The first-order valence-electron chi connectivity index (χ1n) is 9.10. The molecule has 28 heavy (non-hydrogen) atoms. The molecule has 1 amide bonds. The molecule has 0 aliphatic heterocycles. The molecule has 1 N–H and O–H groups in total. The molecule has 146 valence electrons. The number of halogens is 1. The summed E-state index contributed by atoms with van der Waals surface area (Å²) in [6, 6.07) is 11.3. The van der Waals surface area contributed by atoms with E-state index in [2.05, 4.69) is 10.3 Å². The molecule has 0 bridgehead atoms. The van der Waals surface area contributed by atoms with Gasteiger partial charge in [0.25, 0.3) is 5.91 Å². The SMILES string of the molecule is CCC(C)NC(=O)c1cc(-c2ccc(OC)cc2OC)nc2ccc(F)cc12. The van der Waals surface area contributed by atoms with E-state index in [0.717, 1.165) is 6.42 Å². The molecule has 0 aliphatic rings. The summed E-state index contributed by atoms with van der Waals surface area (Å²) in [5.74, 6) is 0.544. The fraction of sp³-hybridized carbons (Fsp3) is 0.273. The van der Waals surface area contributed by atoms with Crippen LogP contribution in [0, 0.1) is 5.82 Å². The van der Waals surface area contributed by atoms with Crippen molar-refractivity contribution in [1.29, 1.82) is 0 Å². The summed E-state index contributed by atoms with van der Waals surface area (Å²) in [6.45, 7) is 3.91. The van der Waals surface area contributed by atoms with Gasteiger partial charge in [0, 0.05) is 23.1 Å². The molecule has 1 unspecified atom stereocenters. The van der Waals surface area contributed by atoms with Crippen molar-refractivity contribution in [2.24, 2.45) is 0 Å². The Bertz CT molecular complexity index is 1020. The summed E-state index contributed by atoms with van der Waals surface area (Å²) in [6.07, 6.45) is 0.794. The summed E-state index contributed by atoms with van der Waals surface area (Å²) in [5.41, 5.74) is 2.18. The van der Waals surface area contributed by atoms with Gasteiger partial charge in [-0.05, 0) is 49.7 Å². The van der Waals surface area contributed by atoms with Crippen molar-refractivity contribution in [3.8, 4) is 22.8 Å². The summed E-state index contributed by atoms with van der Waals surface area (Å²) in [5, 5.41) is 3.41. The molecule has 0 aliphatic carbocycles. The summed E-state index contributed by atoms with van der Waals surface area (Å²) in [7, 11) is 3.14. The van der Waals surface area contributed by atoms with Gasteiger partial charge in [-0.15, -0.1) is 0 Å². The Morgan fingerprint density at radius 2 is 1.93 bits per heavy atom. The fourth-order valence-corrected chi connectivity index (χ4v) is 2.94. The van der Waals surface area contributed by atoms with Crippen molar-refractivity contribution in [2.45, 2.75) is 26.3 Å². The summed E-state index contributed by atoms with van der Waals surface area (Å²) >= 11 is 0. The van der Waals surface area contributed by atoms with Crippen LogP contribution in [0.1, 0.15) is 30.6 Å². The lowest BCUT2D eigenvalue weighted by Crippen LogP contribution is -2.32. The van der Waals surface area contributed by atoms with Gasteiger partial charge >= 0.3 is 0 Å². The Morgan fingerprint density at radius 1 is 1.14 bits per heavy atom. The van der Waals surface area contributed by atoms with Gasteiger partial charge in [0.05, 0.1) is 31.0 Å². The van der Waals surface area contributed by atoms with Gasteiger partial charge < -0.3 is 14.8 Å². The lowest BCUT2D eigenvalue weighted by Gasteiger charge is -2.15. The van der Waals surface area contributed by atoms with E-state index in [1.54, 1.807) is 38.5 Å². The Morgan fingerprint density at radius 3 is 2.61 bits per heavy atom. The first-order chi connectivity index (χ1) is 13.5. The molecule has 0 saturated carbocycles. The van der Waals surface area contributed by atoms with Crippen molar-refractivity contribution < 1.29 is 18.7 Å². The smallest absolute Gasteiger partial charge is 0.252 e. The molecule has 5 nitrogen and oxygen atoms in total. The molecule has 3 aromatic rings. The normalized spacial score (nSPS) is 11.9. The zero-order valence-electron chi connectivity index (χ0n) is 16.4.